The maximum absolute atomic E-state index is 11.1. The van der Waals surface area contributed by atoms with E-state index in [1.165, 1.54) is 0 Å². The lowest BCUT2D eigenvalue weighted by Crippen LogP contribution is -2.22. The van der Waals surface area contributed by atoms with Crippen LogP contribution in [0.2, 0.25) is 0 Å². The van der Waals surface area contributed by atoms with Gasteiger partial charge in [0.2, 0.25) is 5.91 Å². The normalized spacial score (nSPS) is 9.93. The van der Waals surface area contributed by atoms with Crippen molar-refractivity contribution in [1.82, 2.24) is 10.3 Å². The third-order valence-electron chi connectivity index (χ3n) is 1.57. The molecule has 1 N–H and O–H groups in total. The second-order valence-electron chi connectivity index (χ2n) is 2.78. The van der Waals surface area contributed by atoms with Crippen LogP contribution in [0.3, 0.4) is 0 Å². The predicted octanol–water partition coefficient (Wildman–Crippen LogP) is 2.35. The van der Waals surface area contributed by atoms with Crippen molar-refractivity contribution >= 4 is 27.5 Å². The monoisotopic (exact) mass is 242 g/mol. The zero-order chi connectivity index (χ0) is 10.9. The SMILES string of the molecule is CCNC(=O)CCSSc1ccccn1. The van der Waals surface area contributed by atoms with Crippen LogP contribution in [-0.4, -0.2) is 23.2 Å². The molecule has 1 rings (SSSR count). The Morgan fingerprint density at radius 3 is 3.07 bits per heavy atom. The Bertz CT molecular complexity index is 293. The number of rotatable bonds is 6. The van der Waals surface area contributed by atoms with Crippen molar-refractivity contribution in [3.63, 3.8) is 0 Å². The smallest absolute Gasteiger partial charge is 0.220 e. The van der Waals surface area contributed by atoms with E-state index in [1.54, 1.807) is 27.8 Å². The predicted molar refractivity (Wildman–Crippen MR) is 65.9 cm³/mol. The number of carbonyl (C=O) groups is 1. The Kier molecular flexibility index (Phi) is 6.27. The van der Waals surface area contributed by atoms with E-state index in [9.17, 15) is 4.79 Å². The molecule has 1 heterocycles. The van der Waals surface area contributed by atoms with Crippen molar-refractivity contribution in [3.05, 3.63) is 24.4 Å². The largest absolute Gasteiger partial charge is 0.356 e. The van der Waals surface area contributed by atoms with Crippen molar-refractivity contribution in [1.29, 1.82) is 0 Å². The molecule has 82 valence electrons. The summed E-state index contributed by atoms with van der Waals surface area (Å²) in [6.45, 7) is 2.63. The number of amides is 1. The van der Waals surface area contributed by atoms with Crippen molar-refractivity contribution in [2.24, 2.45) is 0 Å². The molecule has 0 saturated carbocycles. The minimum atomic E-state index is 0.117. The van der Waals surface area contributed by atoms with Gasteiger partial charge in [0.1, 0.15) is 5.03 Å². The zero-order valence-corrected chi connectivity index (χ0v) is 10.2. The summed E-state index contributed by atoms with van der Waals surface area (Å²) in [5.74, 6) is 0.930. The summed E-state index contributed by atoms with van der Waals surface area (Å²) in [6.07, 6.45) is 2.34. The molecule has 0 unspecified atom stereocenters. The lowest BCUT2D eigenvalue weighted by molar-refractivity contribution is -0.120. The molecule has 0 aromatic carbocycles. The molecule has 15 heavy (non-hydrogen) atoms. The third-order valence-corrected chi connectivity index (χ3v) is 3.84. The van der Waals surface area contributed by atoms with Crippen LogP contribution in [0.5, 0.6) is 0 Å². The van der Waals surface area contributed by atoms with Crippen LogP contribution in [0.15, 0.2) is 29.4 Å². The molecular formula is C10H14N2OS2. The van der Waals surface area contributed by atoms with Gasteiger partial charge in [-0.25, -0.2) is 4.98 Å². The van der Waals surface area contributed by atoms with Crippen molar-refractivity contribution in [2.45, 2.75) is 18.4 Å². The Morgan fingerprint density at radius 2 is 2.40 bits per heavy atom. The fraction of sp³-hybridized carbons (Fsp3) is 0.400. The average Bonchev–Trinajstić information content (AvgIpc) is 2.26. The number of hydrogen-bond acceptors (Lipinski definition) is 4. The van der Waals surface area contributed by atoms with Gasteiger partial charge in [0.05, 0.1) is 0 Å². The first-order valence-electron chi connectivity index (χ1n) is 4.80. The molecule has 0 aliphatic heterocycles. The van der Waals surface area contributed by atoms with Gasteiger partial charge in [-0.2, -0.15) is 0 Å². The minimum absolute atomic E-state index is 0.117. The Balaban J connectivity index is 2.10. The molecule has 1 amide bonds. The molecule has 0 aliphatic carbocycles. The van der Waals surface area contributed by atoms with Crippen LogP contribution in [0.4, 0.5) is 0 Å². The first kappa shape index (κ1) is 12.4. The van der Waals surface area contributed by atoms with E-state index < -0.39 is 0 Å². The average molecular weight is 242 g/mol. The van der Waals surface area contributed by atoms with E-state index in [2.05, 4.69) is 10.3 Å². The molecule has 0 spiro atoms. The van der Waals surface area contributed by atoms with E-state index in [0.717, 1.165) is 10.8 Å². The topological polar surface area (TPSA) is 42.0 Å². The second-order valence-corrected chi connectivity index (χ2v) is 5.21. The molecule has 0 saturated heterocycles. The summed E-state index contributed by atoms with van der Waals surface area (Å²) in [7, 11) is 3.26. The van der Waals surface area contributed by atoms with Gasteiger partial charge in [-0.3, -0.25) is 4.79 Å². The van der Waals surface area contributed by atoms with Crippen LogP contribution in [0, 0.1) is 0 Å². The summed E-state index contributed by atoms with van der Waals surface area (Å²) < 4.78 is 0. The number of carbonyl (C=O) groups excluding carboxylic acids is 1. The molecule has 1 aromatic heterocycles. The Morgan fingerprint density at radius 1 is 1.53 bits per heavy atom. The molecular weight excluding hydrogens is 228 g/mol. The number of pyridine rings is 1. The highest BCUT2D eigenvalue weighted by Crippen LogP contribution is 2.29. The highest BCUT2D eigenvalue weighted by molar-refractivity contribution is 8.76. The minimum Gasteiger partial charge on any atom is -0.356 e. The van der Waals surface area contributed by atoms with E-state index in [4.69, 9.17) is 0 Å². The van der Waals surface area contributed by atoms with E-state index in [-0.39, 0.29) is 5.91 Å². The molecule has 0 bridgehead atoms. The van der Waals surface area contributed by atoms with Gasteiger partial charge in [-0.05, 0) is 29.9 Å². The molecule has 1 aromatic rings. The Labute approximate surface area is 97.8 Å². The summed E-state index contributed by atoms with van der Waals surface area (Å²) >= 11 is 0. The summed E-state index contributed by atoms with van der Waals surface area (Å²) in [5.41, 5.74) is 0. The fourth-order valence-corrected chi connectivity index (χ4v) is 2.79. The molecule has 0 atom stereocenters. The first-order valence-corrected chi connectivity index (χ1v) is 7.12. The number of nitrogens with one attached hydrogen (secondary N) is 1. The maximum Gasteiger partial charge on any atom is 0.220 e. The van der Waals surface area contributed by atoms with Crippen LogP contribution < -0.4 is 5.32 Å². The van der Waals surface area contributed by atoms with E-state index >= 15 is 0 Å². The Hall–Kier alpha value is -0.680. The number of nitrogens with zero attached hydrogens (tertiary/aromatic N) is 1. The summed E-state index contributed by atoms with van der Waals surface area (Å²) in [6, 6.07) is 5.81. The number of hydrogen-bond donors (Lipinski definition) is 1. The molecule has 3 nitrogen and oxygen atoms in total. The lowest BCUT2D eigenvalue weighted by Gasteiger charge is -2.01. The van der Waals surface area contributed by atoms with Crippen molar-refractivity contribution in [3.8, 4) is 0 Å². The van der Waals surface area contributed by atoms with Gasteiger partial charge in [-0.1, -0.05) is 16.9 Å². The summed E-state index contributed by atoms with van der Waals surface area (Å²) in [4.78, 5) is 15.3. The van der Waals surface area contributed by atoms with Crippen molar-refractivity contribution < 1.29 is 4.79 Å². The van der Waals surface area contributed by atoms with Crippen LogP contribution in [-0.2, 0) is 4.79 Å². The van der Waals surface area contributed by atoms with Crippen LogP contribution in [0.25, 0.3) is 0 Å². The van der Waals surface area contributed by atoms with Gasteiger partial charge in [0.15, 0.2) is 0 Å². The zero-order valence-electron chi connectivity index (χ0n) is 8.60. The van der Waals surface area contributed by atoms with Gasteiger partial charge in [0, 0.05) is 24.9 Å². The molecule has 0 aliphatic rings. The lowest BCUT2D eigenvalue weighted by atomic mass is 10.4. The van der Waals surface area contributed by atoms with Gasteiger partial charge < -0.3 is 5.32 Å². The van der Waals surface area contributed by atoms with E-state index in [0.29, 0.717) is 13.0 Å². The van der Waals surface area contributed by atoms with Gasteiger partial charge in [0.25, 0.3) is 0 Å². The van der Waals surface area contributed by atoms with Gasteiger partial charge >= 0.3 is 0 Å². The van der Waals surface area contributed by atoms with E-state index in [1.807, 2.05) is 25.1 Å². The molecule has 0 radical (unpaired) electrons. The van der Waals surface area contributed by atoms with Crippen LogP contribution >= 0.6 is 21.6 Å². The molecule has 5 heteroatoms. The standard InChI is InChI=1S/C10H14N2OS2/c1-2-11-9(13)6-8-14-15-10-5-3-4-7-12-10/h3-5,7H,2,6,8H2,1H3,(H,11,13). The first-order chi connectivity index (χ1) is 7.33. The quantitative estimate of drug-likeness (QED) is 0.614. The third kappa shape index (κ3) is 5.69. The highest BCUT2D eigenvalue weighted by Gasteiger charge is 2.00. The molecule has 0 fully saturated rings. The maximum atomic E-state index is 11.1. The highest BCUT2D eigenvalue weighted by atomic mass is 33.1. The summed E-state index contributed by atoms with van der Waals surface area (Å²) in [5, 5.41) is 3.75. The number of aromatic nitrogens is 1. The van der Waals surface area contributed by atoms with Crippen molar-refractivity contribution in [2.75, 3.05) is 12.3 Å². The fourth-order valence-electron chi connectivity index (χ4n) is 0.918. The van der Waals surface area contributed by atoms with Crippen LogP contribution in [0.1, 0.15) is 13.3 Å². The van der Waals surface area contributed by atoms with Gasteiger partial charge in [-0.15, -0.1) is 0 Å². The second kappa shape index (κ2) is 7.59.